The molecule has 0 aliphatic carbocycles. The second-order valence-corrected chi connectivity index (χ2v) is 6.04. The van der Waals surface area contributed by atoms with Crippen LogP contribution in [0.3, 0.4) is 0 Å². The zero-order chi connectivity index (χ0) is 15.2. The Morgan fingerprint density at radius 2 is 1.81 bits per heavy atom. The van der Waals surface area contributed by atoms with Crippen molar-refractivity contribution in [3.63, 3.8) is 0 Å². The van der Waals surface area contributed by atoms with Crippen molar-refractivity contribution < 1.29 is 9.47 Å². The molecule has 2 aromatic carbocycles. The summed E-state index contributed by atoms with van der Waals surface area (Å²) >= 11 is 5.71. The molecule has 114 valence electrons. The minimum Gasteiger partial charge on any atom is -0.493 e. The molecule has 0 radical (unpaired) electrons. The summed E-state index contributed by atoms with van der Waals surface area (Å²) in [6.07, 6.45) is 0.848. The third kappa shape index (κ3) is 4.04. The molecule has 2 aromatic rings. The summed E-state index contributed by atoms with van der Waals surface area (Å²) in [6.45, 7) is 7.73. The number of aryl methyl sites for hydroxylation is 1. The summed E-state index contributed by atoms with van der Waals surface area (Å²) in [5.74, 6) is 2.99. The Kier molecular flexibility index (Phi) is 5.75. The fourth-order valence-corrected chi connectivity index (χ4v) is 2.36. The summed E-state index contributed by atoms with van der Waals surface area (Å²) in [5, 5.41) is 2.20. The van der Waals surface area contributed by atoms with Gasteiger partial charge in [-0.05, 0) is 30.9 Å². The van der Waals surface area contributed by atoms with Crippen LogP contribution in [0.1, 0.15) is 25.8 Å². The molecule has 0 saturated carbocycles. The van der Waals surface area contributed by atoms with E-state index in [4.69, 9.17) is 21.1 Å². The lowest BCUT2D eigenvalue weighted by Crippen LogP contribution is -2.06. The van der Waals surface area contributed by atoms with Gasteiger partial charge in [-0.15, -0.1) is 11.6 Å². The van der Waals surface area contributed by atoms with Gasteiger partial charge in [0.1, 0.15) is 11.5 Å². The number of hydrogen-bond acceptors (Lipinski definition) is 2. The molecule has 0 amide bonds. The van der Waals surface area contributed by atoms with E-state index in [1.54, 1.807) is 0 Å². The van der Waals surface area contributed by atoms with Crippen molar-refractivity contribution in [3.8, 4) is 11.5 Å². The Balaban J connectivity index is 2.38. The zero-order valence-corrected chi connectivity index (χ0v) is 13.7. The summed E-state index contributed by atoms with van der Waals surface area (Å²) in [6, 6.07) is 10.3. The van der Waals surface area contributed by atoms with Gasteiger partial charge in [0.2, 0.25) is 0 Å². The third-order valence-corrected chi connectivity index (χ3v) is 3.51. The van der Waals surface area contributed by atoms with Gasteiger partial charge in [0, 0.05) is 16.7 Å². The van der Waals surface area contributed by atoms with Crippen LogP contribution in [0.5, 0.6) is 11.5 Å². The van der Waals surface area contributed by atoms with E-state index < -0.39 is 0 Å². The first kappa shape index (κ1) is 16.0. The molecule has 2 rings (SSSR count). The summed E-state index contributed by atoms with van der Waals surface area (Å²) in [5.41, 5.74) is 1.11. The van der Waals surface area contributed by atoms with Crippen LogP contribution < -0.4 is 9.47 Å². The van der Waals surface area contributed by atoms with Crippen molar-refractivity contribution in [1.82, 2.24) is 0 Å². The topological polar surface area (TPSA) is 18.5 Å². The highest BCUT2D eigenvalue weighted by Crippen LogP contribution is 2.36. The molecule has 0 aromatic heterocycles. The molecule has 3 heteroatoms. The van der Waals surface area contributed by atoms with Crippen LogP contribution in [0, 0.1) is 12.8 Å². The van der Waals surface area contributed by atoms with E-state index in [0.717, 1.165) is 40.9 Å². The smallest absolute Gasteiger partial charge is 0.130 e. The number of benzene rings is 2. The van der Waals surface area contributed by atoms with E-state index in [1.165, 1.54) is 0 Å². The highest BCUT2D eigenvalue weighted by Gasteiger charge is 2.12. The molecule has 2 nitrogen and oxygen atoms in total. The van der Waals surface area contributed by atoms with Crippen LogP contribution in [0.4, 0.5) is 0 Å². The van der Waals surface area contributed by atoms with Crippen molar-refractivity contribution in [1.29, 1.82) is 0 Å². The van der Waals surface area contributed by atoms with E-state index in [1.807, 2.05) is 12.1 Å². The van der Waals surface area contributed by atoms with E-state index in [2.05, 4.69) is 39.0 Å². The maximum Gasteiger partial charge on any atom is 0.130 e. The fourth-order valence-electron chi connectivity index (χ4n) is 2.25. The quantitative estimate of drug-likeness (QED) is 0.517. The molecule has 0 aliphatic heterocycles. The Hall–Kier alpha value is -1.41. The van der Waals surface area contributed by atoms with Gasteiger partial charge in [-0.25, -0.2) is 0 Å². The van der Waals surface area contributed by atoms with Crippen LogP contribution in [-0.4, -0.2) is 19.1 Å². The average molecular weight is 307 g/mol. The Morgan fingerprint density at radius 1 is 1.10 bits per heavy atom. The summed E-state index contributed by atoms with van der Waals surface area (Å²) in [7, 11) is 0. The van der Waals surface area contributed by atoms with Crippen LogP contribution in [-0.2, 0) is 0 Å². The van der Waals surface area contributed by atoms with Gasteiger partial charge in [0.25, 0.3) is 0 Å². The molecule has 0 saturated heterocycles. The Labute approximate surface area is 132 Å². The minimum absolute atomic E-state index is 0.503. The molecule has 0 spiro atoms. The molecule has 0 heterocycles. The number of halogens is 1. The maximum absolute atomic E-state index is 6.02. The number of fused-ring (bicyclic) bond motifs is 1. The van der Waals surface area contributed by atoms with Crippen LogP contribution in [0.15, 0.2) is 30.3 Å². The van der Waals surface area contributed by atoms with E-state index in [-0.39, 0.29) is 0 Å². The molecular weight excluding hydrogens is 284 g/mol. The molecular formula is C18H23ClO2. The zero-order valence-electron chi connectivity index (χ0n) is 13.0. The molecule has 0 bridgehead atoms. The van der Waals surface area contributed by atoms with Gasteiger partial charge < -0.3 is 9.47 Å². The van der Waals surface area contributed by atoms with Crippen LogP contribution >= 0.6 is 11.6 Å². The van der Waals surface area contributed by atoms with Crippen molar-refractivity contribution >= 4 is 22.4 Å². The van der Waals surface area contributed by atoms with E-state index in [9.17, 15) is 0 Å². The molecule has 0 atom stereocenters. The van der Waals surface area contributed by atoms with Crippen molar-refractivity contribution in [2.45, 2.75) is 27.2 Å². The maximum atomic E-state index is 6.02. The lowest BCUT2D eigenvalue weighted by Gasteiger charge is -2.17. The highest BCUT2D eigenvalue weighted by atomic mass is 35.5. The van der Waals surface area contributed by atoms with Crippen molar-refractivity contribution in [2.24, 2.45) is 5.92 Å². The largest absolute Gasteiger partial charge is 0.493 e. The van der Waals surface area contributed by atoms with Crippen molar-refractivity contribution in [3.05, 3.63) is 35.9 Å². The first-order valence-electron chi connectivity index (χ1n) is 7.47. The first-order chi connectivity index (χ1) is 10.1. The van der Waals surface area contributed by atoms with Gasteiger partial charge in [-0.2, -0.15) is 0 Å². The number of rotatable bonds is 7. The summed E-state index contributed by atoms with van der Waals surface area (Å²) < 4.78 is 11.9. The average Bonchev–Trinajstić information content (AvgIpc) is 2.46. The predicted octanol–water partition coefficient (Wildman–Crippen LogP) is 5.19. The second kappa shape index (κ2) is 7.56. The van der Waals surface area contributed by atoms with Gasteiger partial charge >= 0.3 is 0 Å². The number of alkyl halides is 1. The summed E-state index contributed by atoms with van der Waals surface area (Å²) in [4.78, 5) is 0. The molecule has 0 fully saturated rings. The Bertz CT molecular complexity index is 593. The van der Waals surface area contributed by atoms with Gasteiger partial charge in [0.05, 0.1) is 13.2 Å². The number of ether oxygens (including phenoxy) is 2. The predicted molar refractivity (Wildman–Crippen MR) is 89.9 cm³/mol. The van der Waals surface area contributed by atoms with Gasteiger partial charge in [-0.3, -0.25) is 0 Å². The molecule has 21 heavy (non-hydrogen) atoms. The highest BCUT2D eigenvalue weighted by molar-refractivity contribution is 6.17. The van der Waals surface area contributed by atoms with E-state index in [0.29, 0.717) is 18.4 Å². The van der Waals surface area contributed by atoms with Crippen LogP contribution in [0.25, 0.3) is 10.8 Å². The lowest BCUT2D eigenvalue weighted by molar-refractivity contribution is 0.271. The van der Waals surface area contributed by atoms with E-state index >= 15 is 0 Å². The third-order valence-electron chi connectivity index (χ3n) is 3.24. The monoisotopic (exact) mass is 306 g/mol. The lowest BCUT2D eigenvalue weighted by atomic mass is 10.0. The van der Waals surface area contributed by atoms with Crippen LogP contribution in [0.2, 0.25) is 0 Å². The minimum atomic E-state index is 0.503. The number of hydrogen-bond donors (Lipinski definition) is 0. The normalized spacial score (nSPS) is 11.1. The SMILES string of the molecule is Cc1cc(OCCCCl)c2ccccc2c1OCC(C)C. The molecule has 0 unspecified atom stereocenters. The standard InChI is InChI=1S/C18H23ClO2/c1-13(2)12-21-18-14(3)11-17(20-10-6-9-19)15-7-4-5-8-16(15)18/h4-5,7-8,11,13H,6,9-10,12H2,1-3H3. The Morgan fingerprint density at radius 3 is 2.48 bits per heavy atom. The molecule has 0 N–H and O–H groups in total. The van der Waals surface area contributed by atoms with Gasteiger partial charge in [0.15, 0.2) is 0 Å². The molecule has 0 aliphatic rings. The van der Waals surface area contributed by atoms with Crippen molar-refractivity contribution in [2.75, 3.05) is 19.1 Å². The first-order valence-corrected chi connectivity index (χ1v) is 8.01. The van der Waals surface area contributed by atoms with Gasteiger partial charge in [-0.1, -0.05) is 38.1 Å². The fraction of sp³-hybridized carbons (Fsp3) is 0.444. The second-order valence-electron chi connectivity index (χ2n) is 5.66.